The Morgan fingerprint density at radius 3 is 2.71 bits per heavy atom. The molecule has 0 saturated heterocycles. The summed E-state index contributed by atoms with van der Waals surface area (Å²) in [7, 11) is 0. The second kappa shape index (κ2) is 4.56. The summed E-state index contributed by atoms with van der Waals surface area (Å²) in [5.41, 5.74) is 0.183. The van der Waals surface area contributed by atoms with Crippen LogP contribution in [0.5, 0.6) is 0 Å². The first-order chi connectivity index (χ1) is 8.00. The Kier molecular flexibility index (Phi) is 3.28. The molecule has 88 valence electrons. The standard InChI is InChI=1S/C9H3Cl2FN2O2S/c10-4-2-5(11)6(12)1-3(4)7-8(9(15)16)17-14-13-7/h1-2H,(H,15,16). The summed E-state index contributed by atoms with van der Waals surface area (Å²) in [4.78, 5) is 10.8. The molecule has 0 atom stereocenters. The molecule has 0 amide bonds. The molecule has 1 N–H and O–H groups in total. The van der Waals surface area contributed by atoms with E-state index in [4.69, 9.17) is 28.3 Å². The highest BCUT2D eigenvalue weighted by atomic mass is 35.5. The predicted octanol–water partition coefficient (Wildman–Crippen LogP) is 3.35. The lowest BCUT2D eigenvalue weighted by Crippen LogP contribution is -1.96. The van der Waals surface area contributed by atoms with Crippen LogP contribution >= 0.6 is 34.7 Å². The SMILES string of the molecule is O=C(O)c1snnc1-c1cc(F)c(Cl)cc1Cl. The normalized spacial score (nSPS) is 10.5. The van der Waals surface area contributed by atoms with Crippen LogP contribution in [0.25, 0.3) is 11.3 Å². The molecule has 0 aliphatic heterocycles. The molecular weight excluding hydrogens is 290 g/mol. The average molecular weight is 293 g/mol. The number of hydrogen-bond acceptors (Lipinski definition) is 4. The third kappa shape index (κ3) is 2.24. The van der Waals surface area contributed by atoms with E-state index in [2.05, 4.69) is 9.59 Å². The van der Waals surface area contributed by atoms with Crippen molar-refractivity contribution in [2.24, 2.45) is 0 Å². The lowest BCUT2D eigenvalue weighted by atomic mass is 10.1. The van der Waals surface area contributed by atoms with E-state index in [1.807, 2.05) is 0 Å². The first-order valence-electron chi connectivity index (χ1n) is 4.21. The molecule has 1 heterocycles. The number of rotatable bonds is 2. The summed E-state index contributed by atoms with van der Waals surface area (Å²) in [5, 5.41) is 12.5. The van der Waals surface area contributed by atoms with Gasteiger partial charge in [-0.15, -0.1) is 5.10 Å². The Morgan fingerprint density at radius 1 is 1.35 bits per heavy atom. The first kappa shape index (κ1) is 12.2. The summed E-state index contributed by atoms with van der Waals surface area (Å²) >= 11 is 12.1. The zero-order valence-electron chi connectivity index (χ0n) is 7.95. The number of aromatic carboxylic acids is 1. The van der Waals surface area contributed by atoms with Crippen molar-refractivity contribution in [3.63, 3.8) is 0 Å². The number of hydrogen-bond donors (Lipinski definition) is 1. The highest BCUT2D eigenvalue weighted by molar-refractivity contribution is 7.08. The Labute approximate surface area is 109 Å². The number of halogens is 3. The van der Waals surface area contributed by atoms with E-state index in [0.29, 0.717) is 11.5 Å². The lowest BCUT2D eigenvalue weighted by Gasteiger charge is -2.03. The van der Waals surface area contributed by atoms with Crippen molar-refractivity contribution in [2.45, 2.75) is 0 Å². The maximum atomic E-state index is 13.3. The second-order valence-corrected chi connectivity index (χ2v) is 4.57. The Hall–Kier alpha value is -1.24. The Bertz CT molecular complexity index is 603. The molecule has 2 aromatic rings. The van der Waals surface area contributed by atoms with Gasteiger partial charge < -0.3 is 5.11 Å². The van der Waals surface area contributed by atoms with Gasteiger partial charge in [-0.1, -0.05) is 27.7 Å². The van der Waals surface area contributed by atoms with Crippen LogP contribution in [0.15, 0.2) is 12.1 Å². The quantitative estimate of drug-likeness (QED) is 0.862. The summed E-state index contributed by atoms with van der Waals surface area (Å²) in [6.45, 7) is 0. The molecule has 1 aromatic carbocycles. The van der Waals surface area contributed by atoms with E-state index < -0.39 is 11.8 Å². The van der Waals surface area contributed by atoms with E-state index in [0.717, 1.165) is 6.07 Å². The molecule has 0 radical (unpaired) electrons. The van der Waals surface area contributed by atoms with Gasteiger partial charge in [0.15, 0.2) is 4.88 Å². The van der Waals surface area contributed by atoms with Crippen molar-refractivity contribution >= 4 is 40.7 Å². The van der Waals surface area contributed by atoms with Gasteiger partial charge in [-0.2, -0.15) is 0 Å². The van der Waals surface area contributed by atoms with Crippen LogP contribution in [0.3, 0.4) is 0 Å². The minimum atomic E-state index is -1.19. The molecule has 8 heteroatoms. The van der Waals surface area contributed by atoms with Gasteiger partial charge in [0.1, 0.15) is 11.5 Å². The van der Waals surface area contributed by atoms with Gasteiger partial charge >= 0.3 is 5.97 Å². The molecule has 17 heavy (non-hydrogen) atoms. The number of carbonyl (C=O) groups is 1. The number of carboxylic acid groups (broad SMARTS) is 1. The van der Waals surface area contributed by atoms with Crippen molar-refractivity contribution in [1.29, 1.82) is 0 Å². The third-order valence-corrected chi connectivity index (χ3v) is 3.26. The van der Waals surface area contributed by atoms with Crippen LogP contribution in [0.4, 0.5) is 4.39 Å². The smallest absolute Gasteiger partial charge is 0.349 e. The van der Waals surface area contributed by atoms with Crippen molar-refractivity contribution < 1.29 is 14.3 Å². The van der Waals surface area contributed by atoms with Crippen LogP contribution in [0, 0.1) is 5.82 Å². The fourth-order valence-electron chi connectivity index (χ4n) is 1.21. The van der Waals surface area contributed by atoms with Gasteiger partial charge in [0, 0.05) is 5.56 Å². The van der Waals surface area contributed by atoms with Crippen LogP contribution in [0.2, 0.25) is 10.0 Å². The van der Waals surface area contributed by atoms with Gasteiger partial charge in [-0.05, 0) is 23.7 Å². The predicted molar refractivity (Wildman–Crippen MR) is 62.3 cm³/mol. The molecule has 0 aliphatic carbocycles. The molecule has 2 rings (SSSR count). The zero-order chi connectivity index (χ0) is 12.6. The Balaban J connectivity index is 2.64. The van der Waals surface area contributed by atoms with Crippen LogP contribution < -0.4 is 0 Å². The maximum Gasteiger partial charge on any atom is 0.349 e. The molecular formula is C9H3Cl2FN2O2S. The van der Waals surface area contributed by atoms with Gasteiger partial charge in [-0.25, -0.2) is 9.18 Å². The van der Waals surface area contributed by atoms with Crippen LogP contribution in [-0.2, 0) is 0 Å². The largest absolute Gasteiger partial charge is 0.477 e. The Morgan fingerprint density at radius 2 is 2.06 bits per heavy atom. The van der Waals surface area contributed by atoms with E-state index in [9.17, 15) is 9.18 Å². The summed E-state index contributed by atoms with van der Waals surface area (Å²) in [5.74, 6) is -1.89. The van der Waals surface area contributed by atoms with Gasteiger partial charge in [0.05, 0.1) is 10.0 Å². The third-order valence-electron chi connectivity index (χ3n) is 1.95. The molecule has 0 fully saturated rings. The van der Waals surface area contributed by atoms with Gasteiger partial charge in [0.25, 0.3) is 0 Å². The van der Waals surface area contributed by atoms with Gasteiger partial charge in [0.2, 0.25) is 0 Å². The number of nitrogens with zero attached hydrogens (tertiary/aromatic N) is 2. The fraction of sp³-hybridized carbons (Fsp3) is 0. The maximum absolute atomic E-state index is 13.3. The molecule has 1 aromatic heterocycles. The highest BCUT2D eigenvalue weighted by Gasteiger charge is 2.20. The topological polar surface area (TPSA) is 63.1 Å². The van der Waals surface area contributed by atoms with Crippen LogP contribution in [0.1, 0.15) is 9.67 Å². The monoisotopic (exact) mass is 292 g/mol. The van der Waals surface area contributed by atoms with Crippen LogP contribution in [-0.4, -0.2) is 20.7 Å². The summed E-state index contributed by atoms with van der Waals surface area (Å²) in [6.07, 6.45) is 0. The van der Waals surface area contributed by atoms with Crippen molar-refractivity contribution in [3.8, 4) is 11.3 Å². The minimum absolute atomic E-state index is 0.0306. The number of aromatic nitrogens is 2. The molecule has 4 nitrogen and oxygen atoms in total. The molecule has 0 bridgehead atoms. The minimum Gasteiger partial charge on any atom is -0.477 e. The van der Waals surface area contributed by atoms with Crippen molar-refractivity contribution in [1.82, 2.24) is 9.59 Å². The van der Waals surface area contributed by atoms with E-state index in [1.165, 1.54) is 6.07 Å². The second-order valence-electron chi connectivity index (χ2n) is 3.00. The number of carboxylic acids is 1. The summed E-state index contributed by atoms with van der Waals surface area (Å²) in [6, 6.07) is 2.23. The average Bonchev–Trinajstić information content (AvgIpc) is 2.72. The number of benzene rings is 1. The highest BCUT2D eigenvalue weighted by Crippen LogP contribution is 2.33. The van der Waals surface area contributed by atoms with E-state index >= 15 is 0 Å². The van der Waals surface area contributed by atoms with Crippen molar-refractivity contribution in [3.05, 3.63) is 32.9 Å². The van der Waals surface area contributed by atoms with Crippen molar-refractivity contribution in [2.75, 3.05) is 0 Å². The fourth-order valence-corrected chi connectivity index (χ4v) is 2.20. The summed E-state index contributed by atoms with van der Waals surface area (Å²) < 4.78 is 16.8. The van der Waals surface area contributed by atoms with E-state index in [-0.39, 0.29) is 26.2 Å². The zero-order valence-corrected chi connectivity index (χ0v) is 10.3. The molecule has 0 spiro atoms. The molecule has 0 aliphatic rings. The first-order valence-corrected chi connectivity index (χ1v) is 5.74. The lowest BCUT2D eigenvalue weighted by molar-refractivity contribution is 0.0702. The molecule has 0 unspecified atom stereocenters. The van der Waals surface area contributed by atoms with Gasteiger partial charge in [-0.3, -0.25) is 0 Å². The van der Waals surface area contributed by atoms with E-state index in [1.54, 1.807) is 0 Å². The molecule has 0 saturated carbocycles.